The summed E-state index contributed by atoms with van der Waals surface area (Å²) in [5.74, 6) is 0.845. The van der Waals surface area contributed by atoms with Crippen LogP contribution >= 0.6 is 27.3 Å². The number of fused-ring (bicyclic) bond motifs is 1. The zero-order chi connectivity index (χ0) is 17.1. The van der Waals surface area contributed by atoms with Crippen LogP contribution in [0.15, 0.2) is 34.1 Å². The minimum absolute atomic E-state index is 0.0801. The number of thiophene rings is 1. The topological polar surface area (TPSA) is 76.7 Å². The summed E-state index contributed by atoms with van der Waals surface area (Å²) in [5, 5.41) is 5.45. The highest BCUT2D eigenvalue weighted by molar-refractivity contribution is 9.11. The maximum absolute atomic E-state index is 12.0. The van der Waals surface area contributed by atoms with Crippen molar-refractivity contribution < 1.29 is 19.1 Å². The lowest BCUT2D eigenvalue weighted by Crippen LogP contribution is -2.37. The van der Waals surface area contributed by atoms with Gasteiger partial charge in [0.1, 0.15) is 0 Å². The van der Waals surface area contributed by atoms with E-state index in [-0.39, 0.29) is 31.2 Å². The van der Waals surface area contributed by atoms with Gasteiger partial charge in [0, 0.05) is 0 Å². The van der Waals surface area contributed by atoms with E-state index in [0.29, 0.717) is 16.4 Å². The molecule has 1 atom stereocenters. The SMILES string of the molecule is CC(NC(=O)CNC(=O)c1ccc(Br)s1)c1ccc2c(c1)OCO2. The normalized spacial score (nSPS) is 13.4. The van der Waals surface area contributed by atoms with Crippen LogP contribution < -0.4 is 20.1 Å². The molecule has 0 bridgehead atoms. The minimum Gasteiger partial charge on any atom is -0.454 e. The third-order valence-electron chi connectivity index (χ3n) is 3.48. The van der Waals surface area contributed by atoms with Crippen LogP contribution in [0.1, 0.15) is 28.2 Å². The summed E-state index contributed by atoms with van der Waals surface area (Å²) in [5.41, 5.74) is 0.904. The van der Waals surface area contributed by atoms with E-state index in [1.54, 1.807) is 12.1 Å². The van der Waals surface area contributed by atoms with E-state index in [4.69, 9.17) is 9.47 Å². The van der Waals surface area contributed by atoms with Crippen molar-refractivity contribution in [1.29, 1.82) is 0 Å². The van der Waals surface area contributed by atoms with Crippen LogP contribution in [0, 0.1) is 0 Å². The summed E-state index contributed by atoms with van der Waals surface area (Å²) < 4.78 is 11.5. The van der Waals surface area contributed by atoms with E-state index in [0.717, 1.165) is 9.35 Å². The number of hydrogen-bond donors (Lipinski definition) is 2. The van der Waals surface area contributed by atoms with Gasteiger partial charge in [-0.25, -0.2) is 0 Å². The highest BCUT2D eigenvalue weighted by atomic mass is 79.9. The molecule has 1 aromatic heterocycles. The monoisotopic (exact) mass is 410 g/mol. The van der Waals surface area contributed by atoms with Crippen LogP contribution in [0.3, 0.4) is 0 Å². The zero-order valence-electron chi connectivity index (χ0n) is 12.8. The molecule has 1 aromatic carbocycles. The van der Waals surface area contributed by atoms with Gasteiger partial charge < -0.3 is 20.1 Å². The first-order chi connectivity index (χ1) is 11.5. The maximum atomic E-state index is 12.0. The predicted molar refractivity (Wildman–Crippen MR) is 93.5 cm³/mol. The van der Waals surface area contributed by atoms with Gasteiger partial charge in [0.25, 0.3) is 5.91 Å². The van der Waals surface area contributed by atoms with Gasteiger partial charge in [-0.1, -0.05) is 6.07 Å². The molecule has 0 fully saturated rings. The van der Waals surface area contributed by atoms with Crippen molar-refractivity contribution >= 4 is 39.1 Å². The Morgan fingerprint density at radius 3 is 2.79 bits per heavy atom. The summed E-state index contributed by atoms with van der Waals surface area (Å²) in [6.07, 6.45) is 0. The average molecular weight is 411 g/mol. The fourth-order valence-electron chi connectivity index (χ4n) is 2.24. The molecular formula is C16H15BrN2O4S. The number of benzene rings is 1. The Morgan fingerprint density at radius 1 is 1.25 bits per heavy atom. The number of carbonyl (C=O) groups excluding carboxylic acids is 2. The average Bonchev–Trinajstić information content (AvgIpc) is 3.20. The molecule has 2 amide bonds. The first kappa shape index (κ1) is 16.8. The molecule has 2 aromatic rings. The van der Waals surface area contributed by atoms with Crippen LogP contribution in [0.2, 0.25) is 0 Å². The molecular weight excluding hydrogens is 396 g/mol. The molecule has 8 heteroatoms. The van der Waals surface area contributed by atoms with Crippen molar-refractivity contribution in [1.82, 2.24) is 10.6 Å². The molecule has 24 heavy (non-hydrogen) atoms. The van der Waals surface area contributed by atoms with E-state index in [9.17, 15) is 9.59 Å². The second kappa shape index (κ2) is 7.23. The Kier molecular flexibility index (Phi) is 5.06. The quantitative estimate of drug-likeness (QED) is 0.794. The standard InChI is InChI=1S/C16H15BrN2O4S/c1-9(10-2-3-11-12(6-10)23-8-22-11)19-15(20)7-18-16(21)13-4-5-14(17)24-13/h2-6,9H,7-8H2,1H3,(H,18,21)(H,19,20). The number of halogens is 1. The smallest absolute Gasteiger partial charge is 0.261 e. The van der Waals surface area contributed by atoms with Gasteiger partial charge in [-0.3, -0.25) is 9.59 Å². The zero-order valence-corrected chi connectivity index (χ0v) is 15.2. The summed E-state index contributed by atoms with van der Waals surface area (Å²) in [7, 11) is 0. The molecule has 0 saturated carbocycles. The number of carbonyl (C=O) groups is 2. The highest BCUT2D eigenvalue weighted by Gasteiger charge is 2.17. The Hall–Kier alpha value is -2.06. The second-order valence-electron chi connectivity index (χ2n) is 5.19. The maximum Gasteiger partial charge on any atom is 0.261 e. The van der Waals surface area contributed by atoms with E-state index in [1.165, 1.54) is 11.3 Å². The van der Waals surface area contributed by atoms with Crippen molar-refractivity contribution in [2.45, 2.75) is 13.0 Å². The molecule has 1 unspecified atom stereocenters. The number of nitrogens with one attached hydrogen (secondary N) is 2. The van der Waals surface area contributed by atoms with Crippen LogP contribution in [0.5, 0.6) is 11.5 Å². The molecule has 126 valence electrons. The van der Waals surface area contributed by atoms with Crippen LogP contribution in [-0.2, 0) is 4.79 Å². The van der Waals surface area contributed by atoms with Crippen molar-refractivity contribution in [2.75, 3.05) is 13.3 Å². The molecule has 2 N–H and O–H groups in total. The largest absolute Gasteiger partial charge is 0.454 e. The van der Waals surface area contributed by atoms with E-state index >= 15 is 0 Å². The van der Waals surface area contributed by atoms with Crippen molar-refractivity contribution in [2.24, 2.45) is 0 Å². The fraction of sp³-hybridized carbons (Fsp3) is 0.250. The highest BCUT2D eigenvalue weighted by Crippen LogP contribution is 2.34. The Labute approximate surface area is 151 Å². The fourth-order valence-corrected chi connectivity index (χ4v) is 3.54. The Balaban J connectivity index is 1.52. The molecule has 0 saturated heterocycles. The molecule has 0 aliphatic carbocycles. The third kappa shape index (κ3) is 3.88. The number of ether oxygens (including phenoxy) is 2. The summed E-state index contributed by atoms with van der Waals surface area (Å²) in [4.78, 5) is 24.5. The Morgan fingerprint density at radius 2 is 2.04 bits per heavy atom. The summed E-state index contributed by atoms with van der Waals surface area (Å²) in [6.45, 7) is 2.00. The first-order valence-corrected chi connectivity index (χ1v) is 8.86. The van der Waals surface area contributed by atoms with Gasteiger partial charge in [0.2, 0.25) is 12.7 Å². The van der Waals surface area contributed by atoms with E-state index in [1.807, 2.05) is 25.1 Å². The summed E-state index contributed by atoms with van der Waals surface area (Å²) in [6, 6.07) is 8.82. The third-order valence-corrected chi connectivity index (χ3v) is 5.10. The van der Waals surface area contributed by atoms with Gasteiger partial charge in [-0.15, -0.1) is 11.3 Å². The second-order valence-corrected chi connectivity index (χ2v) is 7.65. The number of hydrogen-bond acceptors (Lipinski definition) is 5. The molecule has 2 heterocycles. The van der Waals surface area contributed by atoms with Crippen molar-refractivity contribution in [3.05, 3.63) is 44.6 Å². The van der Waals surface area contributed by atoms with Crippen molar-refractivity contribution in [3.63, 3.8) is 0 Å². The van der Waals surface area contributed by atoms with Crippen LogP contribution in [0.4, 0.5) is 0 Å². The lowest BCUT2D eigenvalue weighted by Gasteiger charge is -2.15. The molecule has 1 aliphatic heterocycles. The van der Waals surface area contributed by atoms with E-state index < -0.39 is 0 Å². The van der Waals surface area contributed by atoms with Gasteiger partial charge in [-0.2, -0.15) is 0 Å². The first-order valence-electron chi connectivity index (χ1n) is 7.25. The number of amides is 2. The molecule has 3 rings (SSSR count). The van der Waals surface area contributed by atoms with Crippen LogP contribution in [-0.4, -0.2) is 25.2 Å². The molecule has 0 radical (unpaired) electrons. The molecule has 0 spiro atoms. The van der Waals surface area contributed by atoms with Gasteiger partial charge in [0.05, 0.1) is 21.3 Å². The summed E-state index contributed by atoms with van der Waals surface area (Å²) >= 11 is 4.62. The Bertz CT molecular complexity index is 777. The molecule has 1 aliphatic rings. The minimum atomic E-state index is -0.267. The lowest BCUT2D eigenvalue weighted by molar-refractivity contribution is -0.120. The van der Waals surface area contributed by atoms with Gasteiger partial charge >= 0.3 is 0 Å². The number of rotatable bonds is 5. The lowest BCUT2D eigenvalue weighted by atomic mass is 10.1. The van der Waals surface area contributed by atoms with Gasteiger partial charge in [-0.05, 0) is 52.7 Å². The van der Waals surface area contributed by atoms with Gasteiger partial charge in [0.15, 0.2) is 11.5 Å². The molecule has 6 nitrogen and oxygen atoms in total. The van der Waals surface area contributed by atoms with Crippen LogP contribution in [0.25, 0.3) is 0 Å². The van der Waals surface area contributed by atoms with E-state index in [2.05, 4.69) is 26.6 Å². The van der Waals surface area contributed by atoms with Crippen molar-refractivity contribution in [3.8, 4) is 11.5 Å². The predicted octanol–water partition coefficient (Wildman–Crippen LogP) is 2.85.